The Balaban J connectivity index is 2.87. The number of hydrogen-bond donors (Lipinski definition) is 4. The van der Waals surface area contributed by atoms with E-state index in [2.05, 4.69) is 10.5 Å². The summed E-state index contributed by atoms with van der Waals surface area (Å²) < 4.78 is 10.9. The Morgan fingerprint density at radius 1 is 1.43 bits per heavy atom. The largest absolute Gasteiger partial charge is 0.488 e. The van der Waals surface area contributed by atoms with E-state index in [0.717, 1.165) is 5.56 Å². The third-order valence-electron chi connectivity index (χ3n) is 2.72. The van der Waals surface area contributed by atoms with Crippen LogP contribution in [0.5, 0.6) is 5.75 Å². The van der Waals surface area contributed by atoms with Gasteiger partial charge in [-0.25, -0.2) is 10.2 Å². The first-order valence-corrected chi connectivity index (χ1v) is 7.18. The van der Waals surface area contributed by atoms with E-state index in [1.165, 1.54) is 0 Å². The molecule has 0 heterocycles. The van der Waals surface area contributed by atoms with Gasteiger partial charge >= 0.3 is 6.03 Å². The molecule has 0 saturated carbocycles. The lowest BCUT2D eigenvalue weighted by atomic mass is 10.2. The molecule has 0 bridgehead atoms. The van der Waals surface area contributed by atoms with E-state index < -0.39 is 6.03 Å². The Morgan fingerprint density at radius 3 is 2.74 bits per heavy atom. The number of para-hydroxylation sites is 1. The third kappa shape index (κ3) is 5.91. The third-order valence-corrected chi connectivity index (χ3v) is 3.07. The monoisotopic (exact) mass is 337 g/mol. The summed E-state index contributed by atoms with van der Waals surface area (Å²) in [4.78, 5) is 11.4. The number of benzene rings is 1. The highest BCUT2D eigenvalue weighted by molar-refractivity contribution is 7.80. The van der Waals surface area contributed by atoms with Crippen LogP contribution in [0.25, 0.3) is 0 Å². The van der Waals surface area contributed by atoms with Gasteiger partial charge in [-0.3, -0.25) is 5.32 Å². The average Bonchev–Trinajstić information content (AvgIpc) is 2.49. The predicted molar refractivity (Wildman–Crippen MR) is 88.9 cm³/mol. The minimum Gasteiger partial charge on any atom is -0.488 e. The van der Waals surface area contributed by atoms with Crippen molar-refractivity contribution in [2.24, 2.45) is 11.0 Å². The fourth-order valence-electron chi connectivity index (χ4n) is 1.62. The molecule has 8 nitrogen and oxygen atoms in total. The SMILES string of the molecule is CCOC(N)=C(COc1ccccc1C)C(=S)NC(=O)NN=N. The molecule has 0 unspecified atom stereocenters. The molecule has 124 valence electrons. The normalized spacial score (nSPS) is 11.0. The van der Waals surface area contributed by atoms with Gasteiger partial charge in [0.15, 0.2) is 5.88 Å². The van der Waals surface area contributed by atoms with E-state index in [4.69, 9.17) is 33.0 Å². The maximum Gasteiger partial charge on any atom is 0.341 e. The fourth-order valence-corrected chi connectivity index (χ4v) is 1.87. The van der Waals surface area contributed by atoms with Crippen molar-refractivity contribution in [1.82, 2.24) is 10.7 Å². The molecule has 0 aliphatic rings. The van der Waals surface area contributed by atoms with Crippen molar-refractivity contribution in [2.75, 3.05) is 13.2 Å². The lowest BCUT2D eigenvalue weighted by Crippen LogP contribution is -2.38. The standard InChI is InChI=1S/C14H19N5O3S/c1-3-21-12(15)10(13(23)17-14(20)18-19-16)8-22-11-7-5-4-6-9(11)2/h4-7H,3,8,15H2,1-2H3,(H3,16,17,18,20,23). The molecule has 1 aromatic rings. The molecule has 0 atom stereocenters. The first kappa shape index (κ1) is 18.4. The molecule has 2 amide bonds. The Morgan fingerprint density at radius 2 is 2.13 bits per heavy atom. The highest BCUT2D eigenvalue weighted by Crippen LogP contribution is 2.17. The van der Waals surface area contributed by atoms with Crippen molar-refractivity contribution < 1.29 is 14.3 Å². The van der Waals surface area contributed by atoms with Gasteiger partial charge in [-0.1, -0.05) is 35.6 Å². The molecule has 0 aromatic heterocycles. The molecule has 0 aliphatic heterocycles. The Kier molecular flexibility index (Phi) is 7.48. The van der Waals surface area contributed by atoms with E-state index in [1.807, 2.05) is 36.6 Å². The van der Waals surface area contributed by atoms with Crippen LogP contribution in [0.15, 0.2) is 40.9 Å². The maximum absolute atomic E-state index is 11.4. The van der Waals surface area contributed by atoms with Gasteiger partial charge in [0.1, 0.15) is 17.3 Å². The number of nitrogens with one attached hydrogen (secondary N) is 3. The lowest BCUT2D eigenvalue weighted by Gasteiger charge is -2.15. The number of rotatable bonds is 7. The van der Waals surface area contributed by atoms with E-state index in [1.54, 1.807) is 6.92 Å². The smallest absolute Gasteiger partial charge is 0.341 e. The number of nitrogens with two attached hydrogens (primary N) is 1. The summed E-state index contributed by atoms with van der Waals surface area (Å²) >= 11 is 5.13. The Bertz CT molecular complexity index is 618. The van der Waals surface area contributed by atoms with Gasteiger partial charge in [-0.2, -0.15) is 5.53 Å². The van der Waals surface area contributed by atoms with Crippen molar-refractivity contribution in [3.8, 4) is 5.75 Å². The van der Waals surface area contributed by atoms with Gasteiger partial charge in [-0.15, -0.1) is 0 Å². The van der Waals surface area contributed by atoms with Crippen molar-refractivity contribution in [3.05, 3.63) is 41.3 Å². The van der Waals surface area contributed by atoms with Crippen molar-refractivity contribution >= 4 is 23.2 Å². The van der Waals surface area contributed by atoms with E-state index in [0.29, 0.717) is 17.9 Å². The highest BCUT2D eigenvalue weighted by Gasteiger charge is 2.15. The topological polar surface area (TPSA) is 122 Å². The number of carbonyl (C=O) groups is 1. The van der Waals surface area contributed by atoms with Crippen molar-refractivity contribution in [2.45, 2.75) is 13.8 Å². The summed E-state index contributed by atoms with van der Waals surface area (Å²) in [6, 6.07) is 6.71. The number of thiocarbonyl (C=S) groups is 1. The van der Waals surface area contributed by atoms with Gasteiger partial charge in [0.2, 0.25) is 0 Å². The van der Waals surface area contributed by atoms with E-state index in [9.17, 15) is 4.79 Å². The maximum atomic E-state index is 11.4. The molecular formula is C14H19N5O3S. The zero-order valence-corrected chi connectivity index (χ0v) is 13.7. The van der Waals surface area contributed by atoms with Gasteiger partial charge in [-0.05, 0) is 25.5 Å². The Hall–Kier alpha value is -2.68. The highest BCUT2D eigenvalue weighted by atomic mass is 32.1. The zero-order chi connectivity index (χ0) is 17.2. The number of carbonyl (C=O) groups excluding carboxylic acids is 1. The number of nitrogens with zero attached hydrogens (tertiary/aromatic N) is 1. The molecule has 1 aromatic carbocycles. The van der Waals surface area contributed by atoms with Crippen LogP contribution in [-0.2, 0) is 4.74 Å². The van der Waals surface area contributed by atoms with Crippen LogP contribution >= 0.6 is 12.2 Å². The van der Waals surface area contributed by atoms with Gasteiger partial charge in [0.05, 0.1) is 12.2 Å². The lowest BCUT2D eigenvalue weighted by molar-refractivity contribution is 0.218. The number of amides is 2. The molecule has 23 heavy (non-hydrogen) atoms. The molecule has 0 fully saturated rings. The average molecular weight is 337 g/mol. The predicted octanol–water partition coefficient (Wildman–Crippen LogP) is 2.15. The summed E-state index contributed by atoms with van der Waals surface area (Å²) in [5, 5.41) is 5.09. The van der Waals surface area contributed by atoms with Crippen LogP contribution in [0, 0.1) is 12.5 Å². The van der Waals surface area contributed by atoms with Crippen molar-refractivity contribution in [1.29, 1.82) is 5.53 Å². The molecule has 9 heteroatoms. The minimum atomic E-state index is -0.748. The van der Waals surface area contributed by atoms with Crippen molar-refractivity contribution in [3.63, 3.8) is 0 Å². The van der Waals surface area contributed by atoms with Gasteiger partial charge < -0.3 is 15.2 Å². The summed E-state index contributed by atoms with van der Waals surface area (Å²) in [7, 11) is 0. The van der Waals surface area contributed by atoms with E-state index in [-0.39, 0.29) is 17.5 Å². The number of ether oxygens (including phenoxy) is 2. The molecule has 0 spiro atoms. The first-order chi connectivity index (χ1) is 11.0. The second-order valence-corrected chi connectivity index (χ2v) is 4.75. The molecular weight excluding hydrogens is 318 g/mol. The first-order valence-electron chi connectivity index (χ1n) is 6.77. The van der Waals surface area contributed by atoms with Crippen LogP contribution in [0.4, 0.5) is 4.79 Å². The van der Waals surface area contributed by atoms with Crippen LogP contribution in [0.3, 0.4) is 0 Å². The van der Waals surface area contributed by atoms with Gasteiger partial charge in [0, 0.05) is 0 Å². The number of aryl methyl sites for hydroxylation is 1. The zero-order valence-electron chi connectivity index (χ0n) is 12.9. The molecule has 0 radical (unpaired) electrons. The fraction of sp³-hybridized carbons (Fsp3) is 0.286. The molecule has 5 N–H and O–H groups in total. The van der Waals surface area contributed by atoms with Crippen LogP contribution in [-0.4, -0.2) is 24.2 Å². The Labute approximate surface area is 139 Å². The second kappa shape index (κ2) is 9.36. The summed E-state index contributed by atoms with van der Waals surface area (Å²) in [6.45, 7) is 4.05. The number of urea groups is 1. The quantitative estimate of drug-likeness (QED) is 0.200. The molecule has 0 aliphatic carbocycles. The summed E-state index contributed by atoms with van der Waals surface area (Å²) in [5.74, 6) is 0.733. The summed E-state index contributed by atoms with van der Waals surface area (Å²) in [6.07, 6.45) is 0. The van der Waals surface area contributed by atoms with Crippen LogP contribution in [0.1, 0.15) is 12.5 Å². The summed E-state index contributed by atoms with van der Waals surface area (Å²) in [5.41, 5.74) is 15.6. The second-order valence-electron chi connectivity index (χ2n) is 4.34. The van der Waals surface area contributed by atoms with Crippen LogP contribution in [0.2, 0.25) is 0 Å². The molecule has 0 saturated heterocycles. The van der Waals surface area contributed by atoms with E-state index >= 15 is 0 Å². The molecule has 1 rings (SSSR count). The minimum absolute atomic E-state index is 0.0216. The number of hydrogen-bond acceptors (Lipinski definition) is 7. The van der Waals surface area contributed by atoms with Gasteiger partial charge in [0.25, 0.3) is 0 Å². The van der Waals surface area contributed by atoms with Crippen LogP contribution < -0.4 is 21.2 Å².